The van der Waals surface area contributed by atoms with E-state index < -0.39 is 0 Å². The molecule has 0 aliphatic rings. The van der Waals surface area contributed by atoms with E-state index in [0.29, 0.717) is 0 Å². The summed E-state index contributed by atoms with van der Waals surface area (Å²) in [6.45, 7) is 4.62. The van der Waals surface area contributed by atoms with Crippen LogP contribution in [-0.2, 0) is 6.54 Å². The van der Waals surface area contributed by atoms with Gasteiger partial charge in [0.1, 0.15) is 0 Å². The topological polar surface area (TPSA) is 22.0 Å². The zero-order chi connectivity index (χ0) is 13.1. The highest BCUT2D eigenvalue weighted by molar-refractivity contribution is 9.10. The predicted molar refractivity (Wildman–Crippen MR) is 76.8 cm³/mol. The van der Waals surface area contributed by atoms with Crippen LogP contribution in [-0.4, -0.2) is 10.4 Å². The number of carbonyl (C=O) groups is 1. The van der Waals surface area contributed by atoms with E-state index >= 15 is 0 Å². The second-order valence-electron chi connectivity index (χ2n) is 4.68. The lowest BCUT2D eigenvalue weighted by Gasteiger charge is -2.05. The zero-order valence-electron chi connectivity index (χ0n) is 10.6. The first-order chi connectivity index (χ1) is 8.58. The van der Waals surface area contributed by atoms with Crippen molar-refractivity contribution in [3.05, 3.63) is 58.3 Å². The molecule has 0 fully saturated rings. The summed E-state index contributed by atoms with van der Waals surface area (Å²) < 4.78 is 3.13. The maximum atomic E-state index is 11.9. The van der Waals surface area contributed by atoms with Crippen molar-refractivity contribution < 1.29 is 4.79 Å². The molecule has 0 aliphatic heterocycles. The van der Waals surface area contributed by atoms with Gasteiger partial charge in [0.25, 0.3) is 0 Å². The highest BCUT2D eigenvalue weighted by Gasteiger charge is 2.11. The Morgan fingerprint density at radius 1 is 1.28 bits per heavy atom. The molecule has 0 aliphatic carbocycles. The molecular formula is C15H16BrNO. The molecule has 0 amide bonds. The van der Waals surface area contributed by atoms with Gasteiger partial charge < -0.3 is 4.57 Å². The summed E-state index contributed by atoms with van der Waals surface area (Å²) in [5.74, 6) is 0.241. The number of hydrogen-bond donors (Lipinski definition) is 0. The van der Waals surface area contributed by atoms with E-state index in [1.165, 1.54) is 5.56 Å². The lowest BCUT2D eigenvalue weighted by atomic mass is 10.0. The van der Waals surface area contributed by atoms with Crippen LogP contribution in [0.1, 0.15) is 29.8 Å². The molecule has 2 aromatic rings. The largest absolute Gasteiger partial charge is 0.349 e. The van der Waals surface area contributed by atoms with Crippen molar-refractivity contribution in [2.45, 2.75) is 20.4 Å². The first-order valence-corrected chi connectivity index (χ1v) is 6.80. The lowest BCUT2D eigenvalue weighted by molar-refractivity contribution is 0.0939. The molecule has 2 rings (SSSR count). The molecule has 1 heterocycles. The van der Waals surface area contributed by atoms with Crippen LogP contribution in [0.25, 0.3) is 0 Å². The van der Waals surface area contributed by atoms with E-state index in [4.69, 9.17) is 0 Å². The molecule has 0 spiro atoms. The molecular weight excluding hydrogens is 290 g/mol. The maximum absolute atomic E-state index is 11.9. The SMILES string of the molecule is CC(C)C(=O)c1ccn(Cc2ccccc2Br)c1. The third kappa shape index (κ3) is 2.91. The monoisotopic (exact) mass is 305 g/mol. The molecule has 18 heavy (non-hydrogen) atoms. The number of aromatic nitrogens is 1. The fraction of sp³-hybridized carbons (Fsp3) is 0.267. The van der Waals surface area contributed by atoms with Gasteiger partial charge >= 0.3 is 0 Å². The second kappa shape index (κ2) is 5.53. The molecule has 1 aromatic carbocycles. The summed E-state index contributed by atoms with van der Waals surface area (Å²) in [4.78, 5) is 11.9. The van der Waals surface area contributed by atoms with Crippen LogP contribution in [0.5, 0.6) is 0 Å². The zero-order valence-corrected chi connectivity index (χ0v) is 12.1. The van der Waals surface area contributed by atoms with Gasteiger partial charge in [0, 0.05) is 34.9 Å². The second-order valence-corrected chi connectivity index (χ2v) is 5.54. The van der Waals surface area contributed by atoms with Gasteiger partial charge in [-0.25, -0.2) is 0 Å². The molecule has 1 aromatic heterocycles. The standard InChI is InChI=1S/C15H16BrNO/c1-11(2)15(18)13-7-8-17(10-13)9-12-5-3-4-6-14(12)16/h3-8,10-11H,9H2,1-2H3. The van der Waals surface area contributed by atoms with Crippen molar-refractivity contribution in [1.82, 2.24) is 4.57 Å². The summed E-state index contributed by atoms with van der Waals surface area (Å²) in [5, 5.41) is 0. The Balaban J connectivity index is 2.17. The smallest absolute Gasteiger partial charge is 0.166 e. The number of nitrogens with zero attached hydrogens (tertiary/aromatic N) is 1. The van der Waals surface area contributed by atoms with Crippen LogP contribution in [0.15, 0.2) is 47.2 Å². The van der Waals surface area contributed by atoms with Crippen molar-refractivity contribution in [2.75, 3.05) is 0 Å². The minimum atomic E-state index is 0.0457. The van der Waals surface area contributed by atoms with E-state index in [9.17, 15) is 4.79 Å². The van der Waals surface area contributed by atoms with Crippen LogP contribution in [0.3, 0.4) is 0 Å². The number of halogens is 1. The minimum absolute atomic E-state index is 0.0457. The van der Waals surface area contributed by atoms with Gasteiger partial charge in [-0.05, 0) is 17.7 Å². The summed E-state index contributed by atoms with van der Waals surface area (Å²) in [5.41, 5.74) is 1.99. The number of carbonyl (C=O) groups excluding carboxylic acids is 1. The van der Waals surface area contributed by atoms with Crippen LogP contribution in [0.4, 0.5) is 0 Å². The first kappa shape index (κ1) is 13.1. The van der Waals surface area contributed by atoms with Crippen molar-refractivity contribution >= 4 is 21.7 Å². The molecule has 94 valence electrons. The Kier molecular flexibility index (Phi) is 4.02. The third-order valence-corrected chi connectivity index (χ3v) is 3.64. The molecule has 0 unspecified atom stereocenters. The van der Waals surface area contributed by atoms with Gasteiger partial charge in [-0.1, -0.05) is 48.0 Å². The van der Waals surface area contributed by atoms with Gasteiger partial charge in [-0.15, -0.1) is 0 Å². The highest BCUT2D eigenvalue weighted by Crippen LogP contribution is 2.18. The van der Waals surface area contributed by atoms with Crippen molar-refractivity contribution in [3.63, 3.8) is 0 Å². The maximum Gasteiger partial charge on any atom is 0.166 e. The summed E-state index contributed by atoms with van der Waals surface area (Å²) in [6, 6.07) is 10.0. The van der Waals surface area contributed by atoms with E-state index in [1.54, 1.807) is 0 Å². The number of ketones is 1. The average Bonchev–Trinajstić information content (AvgIpc) is 2.79. The van der Waals surface area contributed by atoms with E-state index in [1.807, 2.05) is 55.1 Å². The Bertz CT molecular complexity index is 557. The minimum Gasteiger partial charge on any atom is -0.349 e. The fourth-order valence-corrected chi connectivity index (χ4v) is 2.25. The van der Waals surface area contributed by atoms with Crippen molar-refractivity contribution in [2.24, 2.45) is 5.92 Å². The third-order valence-electron chi connectivity index (χ3n) is 2.87. The number of Topliss-reactive ketones (excluding diaryl/α,β-unsaturated/α-hetero) is 1. The van der Waals surface area contributed by atoms with Gasteiger partial charge in [-0.2, -0.15) is 0 Å². The van der Waals surface area contributed by atoms with Crippen LogP contribution in [0.2, 0.25) is 0 Å². The van der Waals surface area contributed by atoms with Gasteiger partial charge in [0.05, 0.1) is 0 Å². The Morgan fingerprint density at radius 2 is 2.00 bits per heavy atom. The van der Waals surface area contributed by atoms with E-state index in [2.05, 4.69) is 22.0 Å². The normalized spacial score (nSPS) is 10.9. The van der Waals surface area contributed by atoms with E-state index in [-0.39, 0.29) is 11.7 Å². The highest BCUT2D eigenvalue weighted by atomic mass is 79.9. The Labute approximate surface area is 116 Å². The van der Waals surface area contributed by atoms with Gasteiger partial charge in [-0.3, -0.25) is 4.79 Å². The summed E-state index contributed by atoms with van der Waals surface area (Å²) in [6.07, 6.45) is 3.87. The molecule has 2 nitrogen and oxygen atoms in total. The first-order valence-electron chi connectivity index (χ1n) is 6.01. The number of rotatable bonds is 4. The molecule has 0 saturated carbocycles. The van der Waals surface area contributed by atoms with Crippen molar-refractivity contribution in [1.29, 1.82) is 0 Å². The summed E-state index contributed by atoms with van der Waals surface area (Å²) >= 11 is 3.53. The summed E-state index contributed by atoms with van der Waals surface area (Å²) in [7, 11) is 0. The fourth-order valence-electron chi connectivity index (χ4n) is 1.84. The van der Waals surface area contributed by atoms with Gasteiger partial charge in [0.15, 0.2) is 5.78 Å². The predicted octanol–water partition coefficient (Wildman–Crippen LogP) is 4.14. The molecule has 0 bridgehead atoms. The lowest BCUT2D eigenvalue weighted by Crippen LogP contribution is -2.06. The molecule has 0 atom stereocenters. The Morgan fingerprint density at radius 3 is 2.67 bits per heavy atom. The van der Waals surface area contributed by atoms with Crippen molar-refractivity contribution in [3.8, 4) is 0 Å². The van der Waals surface area contributed by atoms with E-state index in [0.717, 1.165) is 16.6 Å². The number of benzene rings is 1. The molecule has 0 saturated heterocycles. The molecule has 3 heteroatoms. The molecule has 0 N–H and O–H groups in total. The van der Waals surface area contributed by atoms with Crippen LogP contribution >= 0.6 is 15.9 Å². The molecule has 0 radical (unpaired) electrons. The quantitative estimate of drug-likeness (QED) is 0.778. The average molecular weight is 306 g/mol. The van der Waals surface area contributed by atoms with Crippen LogP contribution < -0.4 is 0 Å². The number of hydrogen-bond acceptors (Lipinski definition) is 1. The van der Waals surface area contributed by atoms with Crippen LogP contribution in [0, 0.1) is 5.92 Å². The Hall–Kier alpha value is -1.35. The van der Waals surface area contributed by atoms with Gasteiger partial charge in [0.2, 0.25) is 0 Å².